The summed E-state index contributed by atoms with van der Waals surface area (Å²) >= 11 is 0. The third-order valence-corrected chi connectivity index (χ3v) is 5.96. The first kappa shape index (κ1) is 19.3. The third kappa shape index (κ3) is 3.33. The minimum absolute atomic E-state index is 0.102. The van der Waals surface area contributed by atoms with Crippen LogP contribution in [-0.4, -0.2) is 15.9 Å². The van der Waals surface area contributed by atoms with Crippen molar-refractivity contribution in [3.05, 3.63) is 144 Å². The molecule has 0 unspecified atom stereocenters. The van der Waals surface area contributed by atoms with Crippen molar-refractivity contribution < 1.29 is 4.79 Å². The van der Waals surface area contributed by atoms with Crippen molar-refractivity contribution in [1.82, 2.24) is 10.0 Å². The van der Waals surface area contributed by atoms with E-state index in [4.69, 9.17) is 0 Å². The van der Waals surface area contributed by atoms with Gasteiger partial charge in [0.05, 0.1) is 6.54 Å². The van der Waals surface area contributed by atoms with Crippen LogP contribution in [-0.2, 0) is 23.4 Å². The molecule has 0 bridgehead atoms. The molecule has 0 saturated carbocycles. The first-order valence-electron chi connectivity index (χ1n) is 10.6. The van der Waals surface area contributed by atoms with E-state index in [-0.39, 0.29) is 5.91 Å². The van der Waals surface area contributed by atoms with Crippen molar-refractivity contribution in [2.45, 2.75) is 18.6 Å². The zero-order valence-corrected chi connectivity index (χ0v) is 17.3. The zero-order valence-electron chi connectivity index (χ0n) is 17.3. The van der Waals surface area contributed by atoms with Crippen LogP contribution in [0.4, 0.5) is 0 Å². The SMILES string of the molecule is O=C1N(Cc2ccccc2)N(Cc2ccccc2)C1(c1ccccc1)c1ccccc1. The predicted molar refractivity (Wildman–Crippen MR) is 123 cm³/mol. The maximum atomic E-state index is 14.0. The molecule has 0 atom stereocenters. The predicted octanol–water partition coefficient (Wildman–Crippen LogP) is 5.39. The Labute approximate surface area is 183 Å². The molecular formula is C28H24N2O. The van der Waals surface area contributed by atoms with Crippen molar-refractivity contribution in [3.8, 4) is 0 Å². The molecule has 4 aromatic carbocycles. The van der Waals surface area contributed by atoms with Crippen molar-refractivity contribution in [2.75, 3.05) is 0 Å². The number of nitrogens with zero attached hydrogens (tertiary/aromatic N) is 2. The molecule has 1 heterocycles. The monoisotopic (exact) mass is 404 g/mol. The van der Waals surface area contributed by atoms with Crippen molar-refractivity contribution in [3.63, 3.8) is 0 Å². The highest BCUT2D eigenvalue weighted by Gasteiger charge is 2.61. The fraction of sp³-hybridized carbons (Fsp3) is 0.107. The Morgan fingerprint density at radius 3 is 1.35 bits per heavy atom. The molecule has 0 aliphatic carbocycles. The van der Waals surface area contributed by atoms with E-state index in [1.54, 1.807) is 0 Å². The number of rotatable bonds is 6. The topological polar surface area (TPSA) is 23.6 Å². The summed E-state index contributed by atoms with van der Waals surface area (Å²) in [6.07, 6.45) is 0. The van der Waals surface area contributed by atoms with Crippen LogP contribution in [0.1, 0.15) is 22.3 Å². The minimum atomic E-state index is -0.840. The lowest BCUT2D eigenvalue weighted by Crippen LogP contribution is -2.74. The van der Waals surface area contributed by atoms with Crippen LogP contribution in [0.5, 0.6) is 0 Å². The van der Waals surface area contributed by atoms with Gasteiger partial charge in [-0.1, -0.05) is 121 Å². The first-order chi connectivity index (χ1) is 15.3. The van der Waals surface area contributed by atoms with E-state index < -0.39 is 5.54 Å². The second-order valence-corrected chi connectivity index (χ2v) is 7.83. The van der Waals surface area contributed by atoms with Gasteiger partial charge in [-0.3, -0.25) is 9.80 Å². The number of hydrogen-bond donors (Lipinski definition) is 0. The average Bonchev–Trinajstić information content (AvgIpc) is 2.85. The highest BCUT2D eigenvalue weighted by molar-refractivity contribution is 5.96. The van der Waals surface area contributed by atoms with Crippen LogP contribution in [0.15, 0.2) is 121 Å². The van der Waals surface area contributed by atoms with E-state index in [0.717, 1.165) is 16.7 Å². The second-order valence-electron chi connectivity index (χ2n) is 7.83. The molecular weight excluding hydrogens is 380 g/mol. The summed E-state index contributed by atoms with van der Waals surface area (Å²) in [4.78, 5) is 14.0. The normalized spacial score (nSPS) is 15.5. The molecule has 1 amide bonds. The molecule has 5 rings (SSSR count). The van der Waals surface area contributed by atoms with Crippen LogP contribution < -0.4 is 0 Å². The van der Waals surface area contributed by atoms with Gasteiger partial charge in [-0.25, -0.2) is 0 Å². The van der Waals surface area contributed by atoms with Crippen molar-refractivity contribution in [1.29, 1.82) is 0 Å². The van der Waals surface area contributed by atoms with E-state index in [1.807, 2.05) is 77.8 Å². The maximum absolute atomic E-state index is 14.0. The lowest BCUT2D eigenvalue weighted by Gasteiger charge is -2.59. The number of amides is 1. The summed E-state index contributed by atoms with van der Waals surface area (Å²) in [5.41, 5.74) is 3.43. The maximum Gasteiger partial charge on any atom is 0.268 e. The van der Waals surface area contributed by atoms with Crippen molar-refractivity contribution in [2.24, 2.45) is 0 Å². The van der Waals surface area contributed by atoms with Crippen LogP contribution in [0.25, 0.3) is 0 Å². The molecule has 1 aliphatic rings. The summed E-state index contributed by atoms with van der Waals surface area (Å²) in [5.74, 6) is 0.102. The van der Waals surface area contributed by atoms with E-state index in [2.05, 4.69) is 53.5 Å². The molecule has 3 nitrogen and oxygen atoms in total. The van der Waals surface area contributed by atoms with E-state index in [1.165, 1.54) is 5.56 Å². The molecule has 1 aliphatic heterocycles. The Morgan fingerprint density at radius 2 is 0.903 bits per heavy atom. The van der Waals surface area contributed by atoms with Crippen molar-refractivity contribution >= 4 is 5.91 Å². The molecule has 1 saturated heterocycles. The third-order valence-electron chi connectivity index (χ3n) is 5.96. The van der Waals surface area contributed by atoms with Gasteiger partial charge >= 0.3 is 0 Å². The Balaban J connectivity index is 1.63. The summed E-state index contributed by atoms with van der Waals surface area (Å²) in [5, 5.41) is 4.12. The van der Waals surface area contributed by atoms with Crippen LogP contribution >= 0.6 is 0 Å². The lowest BCUT2D eigenvalue weighted by atomic mass is 9.77. The molecule has 0 spiro atoms. The van der Waals surface area contributed by atoms with Crippen LogP contribution in [0.3, 0.4) is 0 Å². The van der Waals surface area contributed by atoms with Gasteiger partial charge in [-0.15, -0.1) is 0 Å². The minimum Gasteiger partial charge on any atom is -0.270 e. The fourth-order valence-electron chi connectivity index (χ4n) is 4.49. The van der Waals surface area contributed by atoms with Gasteiger partial charge in [0.25, 0.3) is 5.91 Å². The van der Waals surface area contributed by atoms with Crippen LogP contribution in [0.2, 0.25) is 0 Å². The van der Waals surface area contributed by atoms with Gasteiger partial charge in [-0.05, 0) is 22.3 Å². The quantitative estimate of drug-likeness (QED) is 0.430. The molecule has 0 aromatic heterocycles. The fourth-order valence-corrected chi connectivity index (χ4v) is 4.49. The molecule has 152 valence electrons. The van der Waals surface area contributed by atoms with Gasteiger partial charge in [0, 0.05) is 6.54 Å². The number of benzene rings is 4. The van der Waals surface area contributed by atoms with Gasteiger partial charge in [-0.2, -0.15) is 5.01 Å². The zero-order chi connectivity index (χ0) is 21.1. The Kier molecular flexibility index (Phi) is 5.11. The standard InChI is InChI=1S/C28H24N2O/c31-27-28(25-17-9-3-10-18-25,26-19-11-4-12-20-26)30(22-24-15-7-2-8-16-24)29(27)21-23-13-5-1-6-14-23/h1-20H,21-22H2. The number of carbonyl (C=O) groups is 1. The molecule has 3 heteroatoms. The van der Waals surface area contributed by atoms with Gasteiger partial charge in [0.2, 0.25) is 0 Å². The van der Waals surface area contributed by atoms with E-state index >= 15 is 0 Å². The summed E-state index contributed by atoms with van der Waals surface area (Å²) in [6.45, 7) is 1.19. The highest BCUT2D eigenvalue weighted by Crippen LogP contribution is 2.47. The van der Waals surface area contributed by atoms with Gasteiger partial charge in [0.1, 0.15) is 0 Å². The largest absolute Gasteiger partial charge is 0.270 e. The highest BCUT2D eigenvalue weighted by atomic mass is 16.2. The first-order valence-corrected chi connectivity index (χ1v) is 10.6. The van der Waals surface area contributed by atoms with Gasteiger partial charge in [0.15, 0.2) is 5.54 Å². The number of hydrogen-bond acceptors (Lipinski definition) is 2. The van der Waals surface area contributed by atoms with Gasteiger partial charge < -0.3 is 0 Å². The smallest absolute Gasteiger partial charge is 0.268 e. The molecule has 1 fully saturated rings. The summed E-state index contributed by atoms with van der Waals surface area (Å²) in [6, 6.07) is 40.8. The Hall–Kier alpha value is -3.69. The number of carbonyl (C=O) groups excluding carboxylic acids is 1. The summed E-state index contributed by atoms with van der Waals surface area (Å²) in [7, 11) is 0. The Morgan fingerprint density at radius 1 is 0.516 bits per heavy atom. The lowest BCUT2D eigenvalue weighted by molar-refractivity contribution is -0.222. The van der Waals surface area contributed by atoms with Crippen LogP contribution in [0, 0.1) is 0 Å². The molecule has 0 N–H and O–H groups in total. The molecule has 31 heavy (non-hydrogen) atoms. The second kappa shape index (κ2) is 8.21. The van der Waals surface area contributed by atoms with E-state index in [0.29, 0.717) is 13.1 Å². The summed E-state index contributed by atoms with van der Waals surface area (Å²) < 4.78 is 0. The average molecular weight is 405 g/mol. The number of hydrazine groups is 1. The molecule has 4 aromatic rings. The molecule has 0 radical (unpaired) electrons. The Bertz CT molecular complexity index is 1110. The van der Waals surface area contributed by atoms with E-state index in [9.17, 15) is 4.79 Å².